The van der Waals surface area contributed by atoms with Crippen molar-refractivity contribution in [2.45, 2.75) is 25.8 Å². The van der Waals surface area contributed by atoms with E-state index in [-0.39, 0.29) is 6.79 Å². The first-order valence-corrected chi connectivity index (χ1v) is 9.63. The molecule has 0 spiro atoms. The van der Waals surface area contributed by atoms with Gasteiger partial charge in [0.25, 0.3) is 0 Å². The molecule has 148 valence electrons. The van der Waals surface area contributed by atoms with Crippen molar-refractivity contribution in [3.8, 4) is 17.6 Å². The summed E-state index contributed by atoms with van der Waals surface area (Å²) in [5.74, 6) is 1.31. The first-order chi connectivity index (χ1) is 14.2. The van der Waals surface area contributed by atoms with Gasteiger partial charge in [-0.1, -0.05) is 18.2 Å². The fourth-order valence-electron chi connectivity index (χ4n) is 3.75. The Morgan fingerprint density at radius 1 is 1.14 bits per heavy atom. The number of fused-ring (bicyclic) bond motifs is 1. The number of aromatic nitrogens is 2. The predicted molar refractivity (Wildman–Crippen MR) is 111 cm³/mol. The molecule has 0 saturated carbocycles. The monoisotopic (exact) mass is 389 g/mol. The van der Waals surface area contributed by atoms with Gasteiger partial charge in [-0.3, -0.25) is 4.68 Å². The molecule has 0 N–H and O–H groups in total. The summed E-state index contributed by atoms with van der Waals surface area (Å²) in [6.45, 7) is 0.640. The lowest BCUT2D eigenvalue weighted by Gasteiger charge is -2.10. The fourth-order valence-corrected chi connectivity index (χ4v) is 3.75. The maximum Gasteiger partial charge on any atom is 0.188 e. The predicted octanol–water partition coefficient (Wildman–Crippen LogP) is 4.51. The zero-order chi connectivity index (χ0) is 20.2. The third kappa shape index (κ3) is 3.69. The van der Waals surface area contributed by atoms with Gasteiger partial charge in [0.1, 0.15) is 23.1 Å². The summed E-state index contributed by atoms with van der Waals surface area (Å²) >= 11 is 0. The van der Waals surface area contributed by atoms with Gasteiger partial charge < -0.3 is 14.2 Å². The van der Waals surface area contributed by atoms with E-state index in [0.29, 0.717) is 17.9 Å². The van der Waals surface area contributed by atoms with Crippen LogP contribution in [-0.4, -0.2) is 30.8 Å². The van der Waals surface area contributed by atoms with E-state index < -0.39 is 0 Å². The molecule has 1 aliphatic carbocycles. The highest BCUT2D eigenvalue weighted by molar-refractivity contribution is 5.95. The summed E-state index contributed by atoms with van der Waals surface area (Å²) in [5, 5.41) is 15.8. The summed E-state index contributed by atoms with van der Waals surface area (Å²) in [7, 11) is 3.21. The van der Waals surface area contributed by atoms with Crippen molar-refractivity contribution in [2.24, 2.45) is 0 Å². The van der Waals surface area contributed by atoms with Crippen molar-refractivity contribution in [1.82, 2.24) is 9.78 Å². The smallest absolute Gasteiger partial charge is 0.188 e. The standard InChI is InChI=1S/C23H23N3O3/c1-27-15-29-21-12-11-19-22(17-5-3-4-6-17)25-26(23(19)20(21)13-24)14-16-7-9-18(28-2)10-8-16/h5,7-12H,3-4,6,14-15H2,1-2H3. The highest BCUT2D eigenvalue weighted by atomic mass is 16.7. The first kappa shape index (κ1) is 19.0. The second-order valence-electron chi connectivity index (χ2n) is 6.97. The first-order valence-electron chi connectivity index (χ1n) is 9.63. The van der Waals surface area contributed by atoms with Crippen molar-refractivity contribution >= 4 is 16.5 Å². The average molecular weight is 389 g/mol. The zero-order valence-electron chi connectivity index (χ0n) is 16.6. The maximum atomic E-state index is 9.91. The van der Waals surface area contributed by atoms with E-state index in [1.807, 2.05) is 41.1 Å². The van der Waals surface area contributed by atoms with E-state index in [1.165, 1.54) is 5.57 Å². The SMILES string of the molecule is COCOc1ccc2c(C3=CCCC3)nn(Cc3ccc(OC)cc3)c2c1C#N. The molecule has 6 nitrogen and oxygen atoms in total. The molecule has 0 bridgehead atoms. The van der Waals surface area contributed by atoms with E-state index in [2.05, 4.69) is 12.1 Å². The van der Waals surface area contributed by atoms with Gasteiger partial charge in [0.2, 0.25) is 0 Å². The van der Waals surface area contributed by atoms with Crippen molar-refractivity contribution in [3.63, 3.8) is 0 Å². The molecule has 0 radical (unpaired) electrons. The van der Waals surface area contributed by atoms with Gasteiger partial charge >= 0.3 is 0 Å². The minimum absolute atomic E-state index is 0.0881. The Bertz CT molecular complexity index is 1090. The average Bonchev–Trinajstić information content (AvgIpc) is 3.41. The second kappa shape index (κ2) is 8.38. The van der Waals surface area contributed by atoms with Gasteiger partial charge in [0, 0.05) is 12.5 Å². The molecule has 4 rings (SSSR count). The number of methoxy groups -OCH3 is 2. The van der Waals surface area contributed by atoms with Crippen LogP contribution in [0.25, 0.3) is 16.5 Å². The van der Waals surface area contributed by atoms with Crippen LogP contribution in [0.15, 0.2) is 42.5 Å². The Morgan fingerprint density at radius 2 is 1.97 bits per heavy atom. The van der Waals surface area contributed by atoms with Crippen LogP contribution < -0.4 is 9.47 Å². The number of benzene rings is 2. The lowest BCUT2D eigenvalue weighted by atomic mass is 10.0. The number of hydrogen-bond acceptors (Lipinski definition) is 5. The molecule has 0 atom stereocenters. The highest BCUT2D eigenvalue weighted by Gasteiger charge is 2.21. The number of allylic oxidation sites excluding steroid dienone is 2. The van der Waals surface area contributed by atoms with Crippen molar-refractivity contribution in [2.75, 3.05) is 21.0 Å². The number of rotatable bonds is 7. The van der Waals surface area contributed by atoms with E-state index in [4.69, 9.17) is 19.3 Å². The summed E-state index contributed by atoms with van der Waals surface area (Å²) in [6, 6.07) is 14.0. The van der Waals surface area contributed by atoms with E-state index in [1.54, 1.807) is 14.2 Å². The lowest BCUT2D eigenvalue weighted by molar-refractivity contribution is 0.0510. The molecule has 0 aliphatic heterocycles. The van der Waals surface area contributed by atoms with Crippen LogP contribution in [0, 0.1) is 11.3 Å². The van der Waals surface area contributed by atoms with E-state index >= 15 is 0 Å². The molecular weight excluding hydrogens is 366 g/mol. The van der Waals surface area contributed by atoms with Gasteiger partial charge in [0.05, 0.1) is 24.9 Å². The summed E-state index contributed by atoms with van der Waals surface area (Å²) in [4.78, 5) is 0. The Morgan fingerprint density at radius 3 is 2.62 bits per heavy atom. The Balaban J connectivity index is 1.85. The van der Waals surface area contributed by atoms with Crippen LogP contribution in [-0.2, 0) is 11.3 Å². The molecule has 3 aromatic rings. The number of ether oxygens (including phenoxy) is 3. The third-order valence-electron chi connectivity index (χ3n) is 5.15. The van der Waals surface area contributed by atoms with Crippen molar-refractivity contribution < 1.29 is 14.2 Å². The van der Waals surface area contributed by atoms with Crippen LogP contribution in [0.5, 0.6) is 11.5 Å². The molecule has 2 aromatic carbocycles. The van der Waals surface area contributed by atoms with Crippen molar-refractivity contribution in [3.05, 3.63) is 59.3 Å². The molecule has 0 amide bonds. The maximum absolute atomic E-state index is 9.91. The fraction of sp³-hybridized carbons (Fsp3) is 0.304. The van der Waals surface area contributed by atoms with Crippen LogP contribution in [0.4, 0.5) is 0 Å². The van der Waals surface area contributed by atoms with Gasteiger partial charge in [-0.2, -0.15) is 10.4 Å². The molecule has 0 fully saturated rings. The summed E-state index contributed by atoms with van der Waals surface area (Å²) in [5.41, 5.74) is 4.55. The number of nitrogens with zero attached hydrogens (tertiary/aromatic N) is 3. The van der Waals surface area contributed by atoms with Gasteiger partial charge in [-0.05, 0) is 54.7 Å². The largest absolute Gasteiger partial charge is 0.497 e. The summed E-state index contributed by atoms with van der Waals surface area (Å²) < 4.78 is 17.8. The normalized spacial score (nSPS) is 13.3. The van der Waals surface area contributed by atoms with E-state index in [0.717, 1.165) is 47.2 Å². The van der Waals surface area contributed by atoms with Crippen LogP contribution in [0.3, 0.4) is 0 Å². The molecule has 1 aliphatic rings. The zero-order valence-corrected chi connectivity index (χ0v) is 16.6. The van der Waals surface area contributed by atoms with Gasteiger partial charge in [0.15, 0.2) is 6.79 Å². The Hall–Kier alpha value is -3.30. The minimum Gasteiger partial charge on any atom is -0.497 e. The quantitative estimate of drug-likeness (QED) is 0.556. The second-order valence-corrected chi connectivity index (χ2v) is 6.97. The molecule has 1 aromatic heterocycles. The molecule has 29 heavy (non-hydrogen) atoms. The molecule has 1 heterocycles. The van der Waals surface area contributed by atoms with Gasteiger partial charge in [-0.15, -0.1) is 0 Å². The third-order valence-corrected chi connectivity index (χ3v) is 5.15. The minimum atomic E-state index is 0.0881. The lowest BCUT2D eigenvalue weighted by Crippen LogP contribution is -2.05. The summed E-state index contributed by atoms with van der Waals surface area (Å²) in [6.07, 6.45) is 5.48. The highest BCUT2D eigenvalue weighted by Crippen LogP contribution is 2.36. The van der Waals surface area contributed by atoms with E-state index in [9.17, 15) is 5.26 Å². The topological polar surface area (TPSA) is 69.3 Å². The Kier molecular flexibility index (Phi) is 5.50. The number of hydrogen-bond donors (Lipinski definition) is 0. The van der Waals surface area contributed by atoms with Crippen molar-refractivity contribution in [1.29, 1.82) is 5.26 Å². The van der Waals surface area contributed by atoms with Gasteiger partial charge in [-0.25, -0.2) is 0 Å². The van der Waals surface area contributed by atoms with Crippen LogP contribution >= 0.6 is 0 Å². The molecule has 6 heteroatoms. The molecule has 0 unspecified atom stereocenters. The number of nitriles is 1. The Labute approximate surface area is 169 Å². The van der Waals surface area contributed by atoms with Crippen LogP contribution in [0.1, 0.15) is 36.1 Å². The van der Waals surface area contributed by atoms with Crippen LogP contribution in [0.2, 0.25) is 0 Å². The molecular formula is C23H23N3O3. The molecule has 0 saturated heterocycles.